The number of carbonyl (C=O) groups excluding carboxylic acids is 1. The van der Waals surface area contributed by atoms with Gasteiger partial charge in [0.1, 0.15) is 6.61 Å². The number of rotatable bonds is 1. The molecule has 0 saturated carbocycles. The molecule has 2 N–H and O–H groups in total. The molecule has 2 aliphatic rings. The largest absolute Gasteiger partial charge is 0.489 e. The lowest BCUT2D eigenvalue weighted by molar-refractivity contribution is 0.0437. The van der Waals surface area contributed by atoms with Gasteiger partial charge in [0, 0.05) is 19.6 Å². The minimum Gasteiger partial charge on any atom is -0.489 e. The van der Waals surface area contributed by atoms with E-state index < -0.39 is 5.60 Å². The predicted molar refractivity (Wildman–Crippen MR) is 80.8 cm³/mol. The van der Waals surface area contributed by atoms with Crippen LogP contribution in [0.4, 0.5) is 5.69 Å². The summed E-state index contributed by atoms with van der Waals surface area (Å²) in [5.41, 5.74) is 0.832. The van der Waals surface area contributed by atoms with Crippen LogP contribution in [0, 0.1) is 0 Å². The molecule has 1 aromatic rings. The van der Waals surface area contributed by atoms with E-state index >= 15 is 0 Å². The van der Waals surface area contributed by atoms with Crippen molar-refractivity contribution in [1.29, 1.82) is 0 Å². The van der Waals surface area contributed by atoms with Gasteiger partial charge in [-0.3, -0.25) is 4.79 Å². The van der Waals surface area contributed by atoms with Crippen molar-refractivity contribution in [3.8, 4) is 5.75 Å². The fourth-order valence-electron chi connectivity index (χ4n) is 2.98. The number of nitrogens with zero attached hydrogens (tertiary/aromatic N) is 1. The van der Waals surface area contributed by atoms with E-state index in [9.17, 15) is 9.90 Å². The molecule has 2 aliphatic heterocycles. The number of likely N-dealkylation sites (tertiary alicyclic amines) is 1. The minimum absolute atomic E-state index is 0.00625. The van der Waals surface area contributed by atoms with E-state index in [1.165, 1.54) is 0 Å². The molecule has 21 heavy (non-hydrogen) atoms. The second-order valence-corrected chi connectivity index (χ2v) is 6.10. The quantitative estimate of drug-likeness (QED) is 0.829. The first-order valence-corrected chi connectivity index (χ1v) is 7.58. The molecule has 0 aromatic heterocycles. The Hall–Kier alpha value is -1.75. The third kappa shape index (κ3) is 2.97. The topological polar surface area (TPSA) is 61.8 Å². The van der Waals surface area contributed by atoms with Crippen molar-refractivity contribution < 1.29 is 14.6 Å². The lowest BCUT2D eigenvalue weighted by Crippen LogP contribution is -2.34. The second kappa shape index (κ2) is 5.56. The van der Waals surface area contributed by atoms with Crippen LogP contribution in [0.15, 0.2) is 18.2 Å². The van der Waals surface area contributed by atoms with Crippen LogP contribution in [0.2, 0.25) is 0 Å². The highest BCUT2D eigenvalue weighted by atomic mass is 16.5. The van der Waals surface area contributed by atoms with E-state index in [1.54, 1.807) is 0 Å². The molecule has 0 radical (unpaired) electrons. The Morgan fingerprint density at radius 1 is 1.38 bits per heavy atom. The summed E-state index contributed by atoms with van der Waals surface area (Å²) in [6, 6.07) is 5.62. The lowest BCUT2D eigenvalue weighted by Gasteiger charge is -2.26. The Morgan fingerprint density at radius 3 is 3.10 bits per heavy atom. The molecule has 5 nitrogen and oxygen atoms in total. The molecule has 5 heteroatoms. The number of anilines is 1. The van der Waals surface area contributed by atoms with Gasteiger partial charge in [-0.25, -0.2) is 0 Å². The van der Waals surface area contributed by atoms with Crippen LogP contribution < -0.4 is 10.1 Å². The summed E-state index contributed by atoms with van der Waals surface area (Å²) in [5.74, 6) is 0.651. The predicted octanol–water partition coefficient (Wildman–Crippen LogP) is 1.87. The number of carbonyl (C=O) groups is 1. The molecule has 1 fully saturated rings. The number of hydrogen-bond donors (Lipinski definition) is 2. The number of nitrogens with one attached hydrogen (secondary N) is 1. The zero-order chi connectivity index (χ0) is 14.9. The average Bonchev–Trinajstić information content (AvgIpc) is 2.67. The molecule has 1 amide bonds. The van der Waals surface area contributed by atoms with Gasteiger partial charge >= 0.3 is 0 Å². The summed E-state index contributed by atoms with van der Waals surface area (Å²) in [7, 11) is 0. The van der Waals surface area contributed by atoms with Crippen molar-refractivity contribution in [2.24, 2.45) is 0 Å². The first kappa shape index (κ1) is 14.2. The highest BCUT2D eigenvalue weighted by Crippen LogP contribution is 2.32. The summed E-state index contributed by atoms with van der Waals surface area (Å²) in [4.78, 5) is 14.6. The van der Waals surface area contributed by atoms with E-state index in [1.807, 2.05) is 30.0 Å². The van der Waals surface area contributed by atoms with Gasteiger partial charge in [0.05, 0.1) is 16.9 Å². The highest BCUT2D eigenvalue weighted by molar-refractivity contribution is 5.99. The third-order valence-corrected chi connectivity index (χ3v) is 4.26. The van der Waals surface area contributed by atoms with Crippen molar-refractivity contribution in [2.75, 3.05) is 31.6 Å². The van der Waals surface area contributed by atoms with Crippen LogP contribution in [0.3, 0.4) is 0 Å². The van der Waals surface area contributed by atoms with Crippen LogP contribution in [0.25, 0.3) is 0 Å². The van der Waals surface area contributed by atoms with Crippen LogP contribution in [0.5, 0.6) is 5.75 Å². The Labute approximate surface area is 124 Å². The Bertz CT molecular complexity index is 542. The molecule has 0 spiro atoms. The SMILES string of the molecule is CC1(O)CCCN(C(=O)c2cccc3c2OCCN3)CC1. The van der Waals surface area contributed by atoms with Gasteiger partial charge in [0.15, 0.2) is 5.75 Å². The summed E-state index contributed by atoms with van der Waals surface area (Å²) < 4.78 is 5.68. The third-order valence-electron chi connectivity index (χ3n) is 4.26. The van der Waals surface area contributed by atoms with Gasteiger partial charge in [-0.05, 0) is 38.3 Å². The van der Waals surface area contributed by atoms with Crippen molar-refractivity contribution in [1.82, 2.24) is 4.90 Å². The van der Waals surface area contributed by atoms with Crippen molar-refractivity contribution >= 4 is 11.6 Å². The summed E-state index contributed by atoms with van der Waals surface area (Å²) in [6.07, 6.45) is 2.18. The van der Waals surface area contributed by atoms with Gasteiger partial charge in [-0.15, -0.1) is 0 Å². The van der Waals surface area contributed by atoms with E-state index in [0.29, 0.717) is 37.4 Å². The van der Waals surface area contributed by atoms with Crippen molar-refractivity contribution in [3.63, 3.8) is 0 Å². The standard InChI is InChI=1S/C16H22N2O3/c1-16(20)6-3-9-18(10-7-16)15(19)12-4-2-5-13-14(12)21-11-8-17-13/h2,4-5,17,20H,3,6-11H2,1H3. The average molecular weight is 290 g/mol. The fourth-order valence-corrected chi connectivity index (χ4v) is 2.98. The molecule has 0 aliphatic carbocycles. The maximum atomic E-state index is 12.8. The monoisotopic (exact) mass is 290 g/mol. The van der Waals surface area contributed by atoms with Gasteiger partial charge in [0.2, 0.25) is 0 Å². The number of para-hydroxylation sites is 1. The summed E-state index contributed by atoms with van der Waals surface area (Å²) in [5, 5.41) is 13.4. The highest BCUT2D eigenvalue weighted by Gasteiger charge is 2.29. The Kier molecular flexibility index (Phi) is 3.76. The zero-order valence-electron chi connectivity index (χ0n) is 12.4. The molecule has 1 aromatic carbocycles. The fraction of sp³-hybridized carbons (Fsp3) is 0.562. The minimum atomic E-state index is -0.663. The first-order chi connectivity index (χ1) is 10.1. The molecular weight excluding hydrogens is 268 g/mol. The normalized spacial score (nSPS) is 25.3. The van der Waals surface area contributed by atoms with Crippen LogP contribution in [-0.2, 0) is 0 Å². The number of fused-ring (bicyclic) bond motifs is 1. The molecule has 0 bridgehead atoms. The van der Waals surface area contributed by atoms with Gasteiger partial charge in [0.25, 0.3) is 5.91 Å². The van der Waals surface area contributed by atoms with Gasteiger partial charge in [-0.2, -0.15) is 0 Å². The van der Waals surface area contributed by atoms with E-state index in [0.717, 1.165) is 25.1 Å². The molecule has 1 atom stereocenters. The maximum Gasteiger partial charge on any atom is 0.257 e. The zero-order valence-corrected chi connectivity index (χ0v) is 12.4. The van der Waals surface area contributed by atoms with Gasteiger partial charge < -0.3 is 20.1 Å². The lowest BCUT2D eigenvalue weighted by atomic mass is 9.98. The van der Waals surface area contributed by atoms with E-state index in [4.69, 9.17) is 4.74 Å². The first-order valence-electron chi connectivity index (χ1n) is 7.58. The number of benzene rings is 1. The molecule has 2 heterocycles. The van der Waals surface area contributed by atoms with Crippen molar-refractivity contribution in [2.45, 2.75) is 31.8 Å². The van der Waals surface area contributed by atoms with E-state index in [2.05, 4.69) is 5.32 Å². The summed E-state index contributed by atoms with van der Waals surface area (Å²) in [6.45, 7) is 4.45. The number of amides is 1. The summed E-state index contributed by atoms with van der Waals surface area (Å²) >= 11 is 0. The van der Waals surface area contributed by atoms with Crippen LogP contribution >= 0.6 is 0 Å². The number of hydrogen-bond acceptors (Lipinski definition) is 4. The molecule has 1 saturated heterocycles. The molecular formula is C16H22N2O3. The smallest absolute Gasteiger partial charge is 0.257 e. The maximum absolute atomic E-state index is 12.8. The van der Waals surface area contributed by atoms with Gasteiger partial charge in [-0.1, -0.05) is 6.07 Å². The molecule has 3 rings (SSSR count). The molecule has 114 valence electrons. The van der Waals surface area contributed by atoms with Crippen LogP contribution in [0.1, 0.15) is 36.5 Å². The second-order valence-electron chi connectivity index (χ2n) is 6.10. The Morgan fingerprint density at radius 2 is 2.24 bits per heavy atom. The Balaban J connectivity index is 1.82. The van der Waals surface area contributed by atoms with E-state index in [-0.39, 0.29) is 5.91 Å². The molecule has 1 unspecified atom stereocenters. The number of ether oxygens (including phenoxy) is 1. The van der Waals surface area contributed by atoms with Crippen molar-refractivity contribution in [3.05, 3.63) is 23.8 Å². The van der Waals surface area contributed by atoms with Crippen LogP contribution in [-0.4, -0.2) is 47.8 Å². The number of aliphatic hydroxyl groups is 1.